The number of anilines is 1. The molecule has 1 aromatic heterocycles. The Kier molecular flexibility index (Phi) is 4.96. The van der Waals surface area contributed by atoms with Crippen molar-refractivity contribution in [3.05, 3.63) is 42.8 Å². The number of hydrogen-bond acceptors (Lipinski definition) is 5. The SMILES string of the molecule is C=CCONC(=O)Nc1ccc(-c2noc(C(F)(F)F)n2)cc1. The van der Waals surface area contributed by atoms with E-state index in [9.17, 15) is 18.0 Å². The summed E-state index contributed by atoms with van der Waals surface area (Å²) in [6.07, 6.45) is -3.24. The molecule has 0 aliphatic carbocycles. The Balaban J connectivity index is 2.00. The predicted octanol–water partition coefficient (Wildman–Crippen LogP) is 2.99. The number of aromatic nitrogens is 2. The van der Waals surface area contributed by atoms with Crippen molar-refractivity contribution in [1.82, 2.24) is 15.6 Å². The number of hydrogen-bond donors (Lipinski definition) is 2. The van der Waals surface area contributed by atoms with Crippen LogP contribution in [0.4, 0.5) is 23.7 Å². The molecule has 0 spiro atoms. The summed E-state index contributed by atoms with van der Waals surface area (Å²) in [5.74, 6) is -1.63. The van der Waals surface area contributed by atoms with E-state index in [4.69, 9.17) is 4.84 Å². The zero-order valence-electron chi connectivity index (χ0n) is 11.6. The third-order valence-corrected chi connectivity index (χ3v) is 2.44. The molecule has 2 rings (SSSR count). The maximum absolute atomic E-state index is 12.4. The quantitative estimate of drug-likeness (QED) is 0.500. The summed E-state index contributed by atoms with van der Waals surface area (Å²) < 4.78 is 41.3. The maximum atomic E-state index is 12.4. The van der Waals surface area contributed by atoms with Gasteiger partial charge in [0.1, 0.15) is 0 Å². The van der Waals surface area contributed by atoms with Gasteiger partial charge in [0.2, 0.25) is 5.82 Å². The highest BCUT2D eigenvalue weighted by molar-refractivity contribution is 5.88. The molecule has 0 aliphatic rings. The minimum Gasteiger partial charge on any atom is -0.329 e. The summed E-state index contributed by atoms with van der Waals surface area (Å²) in [5, 5.41) is 5.71. The molecule has 0 aliphatic heterocycles. The summed E-state index contributed by atoms with van der Waals surface area (Å²) in [7, 11) is 0. The first kappa shape index (κ1) is 16.5. The van der Waals surface area contributed by atoms with E-state index in [0.717, 1.165) is 0 Å². The van der Waals surface area contributed by atoms with Crippen LogP contribution in [0.15, 0.2) is 41.4 Å². The summed E-state index contributed by atoms with van der Waals surface area (Å²) in [6, 6.07) is 5.19. The number of nitrogens with zero attached hydrogens (tertiary/aromatic N) is 2. The Morgan fingerprint density at radius 3 is 2.61 bits per heavy atom. The van der Waals surface area contributed by atoms with E-state index in [2.05, 4.69) is 32.0 Å². The third-order valence-electron chi connectivity index (χ3n) is 2.44. The normalized spacial score (nSPS) is 11.1. The van der Waals surface area contributed by atoms with Gasteiger partial charge in [-0.2, -0.15) is 18.2 Å². The maximum Gasteiger partial charge on any atom is 0.471 e. The Morgan fingerprint density at radius 2 is 2.04 bits per heavy atom. The van der Waals surface area contributed by atoms with Gasteiger partial charge in [0, 0.05) is 11.3 Å². The molecule has 0 fully saturated rings. The van der Waals surface area contributed by atoms with Crippen molar-refractivity contribution in [3.63, 3.8) is 0 Å². The minimum atomic E-state index is -4.70. The van der Waals surface area contributed by atoms with Crippen LogP contribution < -0.4 is 10.8 Å². The summed E-state index contributed by atoms with van der Waals surface area (Å²) in [5.41, 5.74) is 2.81. The van der Waals surface area contributed by atoms with E-state index in [0.29, 0.717) is 11.3 Å². The monoisotopic (exact) mass is 328 g/mol. The number of alkyl halides is 3. The van der Waals surface area contributed by atoms with E-state index in [-0.39, 0.29) is 12.4 Å². The van der Waals surface area contributed by atoms with Crippen molar-refractivity contribution in [2.24, 2.45) is 0 Å². The predicted molar refractivity (Wildman–Crippen MR) is 73.0 cm³/mol. The van der Waals surface area contributed by atoms with Crippen LogP contribution in [0, 0.1) is 0 Å². The Labute approximate surface area is 128 Å². The molecule has 122 valence electrons. The molecule has 23 heavy (non-hydrogen) atoms. The largest absolute Gasteiger partial charge is 0.471 e. The Hall–Kier alpha value is -2.88. The van der Waals surface area contributed by atoms with Crippen LogP contribution in [0.25, 0.3) is 11.4 Å². The highest BCUT2D eigenvalue weighted by atomic mass is 19.4. The van der Waals surface area contributed by atoms with Crippen LogP contribution >= 0.6 is 0 Å². The molecular weight excluding hydrogens is 317 g/mol. The van der Waals surface area contributed by atoms with Gasteiger partial charge in [-0.15, -0.1) is 6.58 Å². The summed E-state index contributed by atoms with van der Waals surface area (Å²) in [4.78, 5) is 19.4. The molecule has 1 heterocycles. The number of rotatable bonds is 5. The number of benzene rings is 1. The third kappa shape index (κ3) is 4.54. The van der Waals surface area contributed by atoms with Gasteiger partial charge >= 0.3 is 18.1 Å². The Morgan fingerprint density at radius 1 is 1.35 bits per heavy atom. The van der Waals surface area contributed by atoms with Crippen molar-refractivity contribution in [2.45, 2.75) is 6.18 Å². The minimum absolute atomic E-state index is 0.145. The van der Waals surface area contributed by atoms with Crippen LogP contribution in [0.3, 0.4) is 0 Å². The van der Waals surface area contributed by atoms with E-state index in [1.54, 1.807) is 0 Å². The van der Waals surface area contributed by atoms with Crippen LogP contribution in [0.2, 0.25) is 0 Å². The van der Waals surface area contributed by atoms with E-state index >= 15 is 0 Å². The first-order valence-electron chi connectivity index (χ1n) is 6.21. The first-order chi connectivity index (χ1) is 10.9. The van der Waals surface area contributed by atoms with E-state index < -0.39 is 18.1 Å². The fourth-order valence-electron chi connectivity index (χ4n) is 1.48. The molecule has 2 aromatic rings. The molecule has 0 saturated heterocycles. The number of carbonyl (C=O) groups is 1. The first-order valence-corrected chi connectivity index (χ1v) is 6.21. The Bertz CT molecular complexity index is 683. The van der Waals surface area contributed by atoms with Crippen LogP contribution in [0.5, 0.6) is 0 Å². The standard InChI is InChI=1S/C13H11F3N4O3/c1-2-7-22-20-12(21)17-9-5-3-8(4-6-9)10-18-11(23-19-10)13(14,15)16/h2-6H,1,7H2,(H2,17,20,21). The van der Waals surface area contributed by atoms with Gasteiger partial charge in [-0.3, -0.25) is 4.84 Å². The molecule has 0 saturated carbocycles. The molecule has 0 bridgehead atoms. The van der Waals surface area contributed by atoms with E-state index in [1.165, 1.54) is 30.3 Å². The number of urea groups is 1. The summed E-state index contributed by atoms with van der Waals surface area (Å²) >= 11 is 0. The number of hydroxylamine groups is 1. The van der Waals surface area contributed by atoms with Gasteiger partial charge < -0.3 is 9.84 Å². The van der Waals surface area contributed by atoms with Crippen LogP contribution in [0.1, 0.15) is 5.89 Å². The lowest BCUT2D eigenvalue weighted by Gasteiger charge is -2.06. The second-order valence-electron chi connectivity index (χ2n) is 4.15. The number of amides is 2. The average molecular weight is 328 g/mol. The average Bonchev–Trinajstić information content (AvgIpc) is 2.98. The van der Waals surface area contributed by atoms with Crippen molar-refractivity contribution in [3.8, 4) is 11.4 Å². The van der Waals surface area contributed by atoms with E-state index in [1.807, 2.05) is 0 Å². The number of nitrogens with one attached hydrogen (secondary N) is 2. The fourth-order valence-corrected chi connectivity index (χ4v) is 1.48. The van der Waals surface area contributed by atoms with Gasteiger partial charge in [-0.05, 0) is 24.3 Å². The molecule has 0 radical (unpaired) electrons. The van der Waals surface area contributed by atoms with Crippen molar-refractivity contribution in [1.29, 1.82) is 0 Å². The smallest absolute Gasteiger partial charge is 0.329 e. The number of carbonyl (C=O) groups excluding carboxylic acids is 1. The highest BCUT2D eigenvalue weighted by Gasteiger charge is 2.38. The van der Waals surface area contributed by atoms with Crippen LogP contribution in [-0.2, 0) is 11.0 Å². The topological polar surface area (TPSA) is 89.3 Å². The van der Waals surface area contributed by atoms with Gasteiger partial charge in [0.25, 0.3) is 0 Å². The molecular formula is C13H11F3N4O3. The molecule has 0 unspecified atom stereocenters. The zero-order valence-corrected chi connectivity index (χ0v) is 11.6. The van der Waals surface area contributed by atoms with Gasteiger partial charge in [0.05, 0.1) is 6.61 Å². The summed E-state index contributed by atoms with van der Waals surface area (Å²) in [6.45, 7) is 3.55. The molecule has 10 heteroatoms. The molecule has 2 N–H and O–H groups in total. The lowest BCUT2D eigenvalue weighted by Crippen LogP contribution is -2.28. The van der Waals surface area contributed by atoms with Gasteiger partial charge in [-0.25, -0.2) is 10.3 Å². The number of halogens is 3. The van der Waals surface area contributed by atoms with Crippen molar-refractivity contribution in [2.75, 3.05) is 11.9 Å². The molecule has 2 amide bonds. The fraction of sp³-hybridized carbons (Fsp3) is 0.154. The lowest BCUT2D eigenvalue weighted by atomic mass is 10.2. The van der Waals surface area contributed by atoms with Crippen molar-refractivity contribution >= 4 is 11.7 Å². The molecule has 1 aromatic carbocycles. The van der Waals surface area contributed by atoms with Gasteiger partial charge in [0.15, 0.2) is 0 Å². The highest BCUT2D eigenvalue weighted by Crippen LogP contribution is 2.29. The molecule has 7 nitrogen and oxygen atoms in total. The lowest BCUT2D eigenvalue weighted by molar-refractivity contribution is -0.159. The van der Waals surface area contributed by atoms with Gasteiger partial charge in [-0.1, -0.05) is 11.2 Å². The molecule has 0 atom stereocenters. The second-order valence-corrected chi connectivity index (χ2v) is 4.15. The second kappa shape index (κ2) is 6.92. The zero-order chi connectivity index (χ0) is 16.9. The van der Waals surface area contributed by atoms with Crippen LogP contribution in [-0.4, -0.2) is 22.8 Å². The van der Waals surface area contributed by atoms with Crippen molar-refractivity contribution < 1.29 is 27.3 Å².